The molecule has 62 valence electrons. The zero-order chi connectivity index (χ0) is 7.98. The van der Waals surface area contributed by atoms with Gasteiger partial charge in [0.15, 0.2) is 0 Å². The standard InChI is InChI=1S/C6H11Cl3O/c7-3-5(8)1-2-6(9)4-10/h5-6,10H,1-4H2/t5-,6-/m1/s1. The van der Waals surface area contributed by atoms with Crippen LogP contribution >= 0.6 is 34.8 Å². The molecule has 0 aliphatic rings. The quantitative estimate of drug-likeness (QED) is 0.683. The van der Waals surface area contributed by atoms with Gasteiger partial charge in [0, 0.05) is 11.3 Å². The normalized spacial score (nSPS) is 16.8. The summed E-state index contributed by atoms with van der Waals surface area (Å²) in [5.41, 5.74) is 0. The van der Waals surface area contributed by atoms with Crippen molar-refractivity contribution >= 4 is 34.8 Å². The van der Waals surface area contributed by atoms with E-state index in [-0.39, 0.29) is 17.4 Å². The number of hydrogen-bond donors (Lipinski definition) is 1. The van der Waals surface area contributed by atoms with Crippen molar-refractivity contribution in [3.8, 4) is 0 Å². The van der Waals surface area contributed by atoms with Crippen LogP contribution in [0, 0.1) is 0 Å². The van der Waals surface area contributed by atoms with Crippen molar-refractivity contribution in [2.24, 2.45) is 0 Å². The van der Waals surface area contributed by atoms with E-state index in [1.54, 1.807) is 0 Å². The molecule has 0 spiro atoms. The topological polar surface area (TPSA) is 20.2 Å². The molecule has 0 aliphatic heterocycles. The van der Waals surface area contributed by atoms with E-state index in [9.17, 15) is 0 Å². The lowest BCUT2D eigenvalue weighted by molar-refractivity contribution is 0.287. The molecule has 0 saturated heterocycles. The predicted molar refractivity (Wildman–Crippen MR) is 46.3 cm³/mol. The highest BCUT2D eigenvalue weighted by Gasteiger charge is 2.06. The maximum atomic E-state index is 8.51. The first kappa shape index (κ1) is 10.8. The average molecular weight is 206 g/mol. The van der Waals surface area contributed by atoms with Gasteiger partial charge in [0.05, 0.1) is 12.0 Å². The summed E-state index contributed by atoms with van der Waals surface area (Å²) in [5, 5.41) is 8.32. The highest BCUT2D eigenvalue weighted by molar-refractivity contribution is 6.28. The molecular weight excluding hydrogens is 194 g/mol. The van der Waals surface area contributed by atoms with Gasteiger partial charge in [0.1, 0.15) is 0 Å². The fourth-order valence-corrected chi connectivity index (χ4v) is 0.936. The van der Waals surface area contributed by atoms with Crippen molar-refractivity contribution < 1.29 is 5.11 Å². The third kappa shape index (κ3) is 5.60. The molecule has 0 aromatic carbocycles. The second-order valence-electron chi connectivity index (χ2n) is 2.11. The van der Waals surface area contributed by atoms with Crippen molar-refractivity contribution in [3.63, 3.8) is 0 Å². The molecular formula is C6H11Cl3O. The molecule has 0 heterocycles. The van der Waals surface area contributed by atoms with E-state index < -0.39 is 0 Å². The maximum absolute atomic E-state index is 8.51. The minimum atomic E-state index is -0.176. The fraction of sp³-hybridized carbons (Fsp3) is 1.00. The summed E-state index contributed by atoms with van der Waals surface area (Å²) in [6.07, 6.45) is 1.48. The van der Waals surface area contributed by atoms with Crippen LogP contribution < -0.4 is 0 Å². The van der Waals surface area contributed by atoms with Crippen LogP contribution in [-0.4, -0.2) is 28.3 Å². The number of alkyl halides is 3. The van der Waals surface area contributed by atoms with Crippen LogP contribution in [0.1, 0.15) is 12.8 Å². The Morgan fingerprint density at radius 2 is 1.60 bits per heavy atom. The number of rotatable bonds is 5. The second-order valence-corrected chi connectivity index (χ2v) is 3.65. The summed E-state index contributed by atoms with van der Waals surface area (Å²) in [4.78, 5) is 0. The van der Waals surface area contributed by atoms with Crippen molar-refractivity contribution in [2.45, 2.75) is 23.6 Å². The van der Waals surface area contributed by atoms with Crippen LogP contribution in [0.25, 0.3) is 0 Å². The Bertz CT molecular complexity index is 69.4. The third-order valence-corrected chi connectivity index (χ3v) is 2.42. The SMILES string of the molecule is OC[C@H](Cl)CC[C@@H](Cl)CCl. The zero-order valence-corrected chi connectivity index (χ0v) is 7.83. The molecule has 0 aromatic rings. The van der Waals surface area contributed by atoms with Crippen LogP contribution in [0.2, 0.25) is 0 Å². The summed E-state index contributed by atoms with van der Waals surface area (Å²) < 4.78 is 0. The summed E-state index contributed by atoms with van der Waals surface area (Å²) in [7, 11) is 0. The van der Waals surface area contributed by atoms with Crippen LogP contribution in [0.5, 0.6) is 0 Å². The summed E-state index contributed by atoms with van der Waals surface area (Å²) in [6, 6.07) is 0. The highest BCUT2D eigenvalue weighted by atomic mass is 35.5. The first-order valence-electron chi connectivity index (χ1n) is 3.15. The molecule has 0 fully saturated rings. The number of hydrogen-bond acceptors (Lipinski definition) is 1. The lowest BCUT2D eigenvalue weighted by Crippen LogP contribution is -2.09. The molecule has 0 aromatic heterocycles. The Labute approximate surface area is 76.3 Å². The fourth-order valence-electron chi connectivity index (χ4n) is 0.530. The van der Waals surface area contributed by atoms with E-state index in [0.717, 1.165) is 12.8 Å². The van der Waals surface area contributed by atoms with E-state index in [1.165, 1.54) is 0 Å². The Balaban J connectivity index is 3.17. The van der Waals surface area contributed by atoms with Crippen molar-refractivity contribution in [1.29, 1.82) is 0 Å². The van der Waals surface area contributed by atoms with E-state index in [0.29, 0.717) is 5.88 Å². The van der Waals surface area contributed by atoms with E-state index in [4.69, 9.17) is 39.9 Å². The second kappa shape index (κ2) is 6.53. The molecule has 0 radical (unpaired) electrons. The van der Waals surface area contributed by atoms with Gasteiger partial charge in [-0.1, -0.05) is 0 Å². The monoisotopic (exact) mass is 204 g/mol. The van der Waals surface area contributed by atoms with Gasteiger partial charge < -0.3 is 5.11 Å². The van der Waals surface area contributed by atoms with Crippen molar-refractivity contribution in [1.82, 2.24) is 0 Å². The Kier molecular flexibility index (Phi) is 7.08. The lowest BCUT2D eigenvalue weighted by Gasteiger charge is -2.07. The molecule has 0 rings (SSSR count). The van der Waals surface area contributed by atoms with Gasteiger partial charge in [0.2, 0.25) is 0 Å². The highest BCUT2D eigenvalue weighted by Crippen LogP contribution is 2.12. The van der Waals surface area contributed by atoms with Crippen LogP contribution in [0.3, 0.4) is 0 Å². The summed E-state index contributed by atoms with van der Waals surface area (Å²) in [6.45, 7) is 0.00739. The maximum Gasteiger partial charge on any atom is 0.0595 e. The average Bonchev–Trinajstić information content (AvgIpc) is 1.99. The Hall–Kier alpha value is 0.830. The minimum Gasteiger partial charge on any atom is -0.395 e. The Morgan fingerprint density at radius 3 is 2.00 bits per heavy atom. The van der Waals surface area contributed by atoms with Crippen LogP contribution in [0.15, 0.2) is 0 Å². The van der Waals surface area contributed by atoms with Gasteiger partial charge in [-0.05, 0) is 12.8 Å². The number of aliphatic hydroxyl groups is 1. The van der Waals surface area contributed by atoms with Gasteiger partial charge >= 0.3 is 0 Å². The Morgan fingerprint density at radius 1 is 1.10 bits per heavy atom. The first-order valence-corrected chi connectivity index (χ1v) is 4.56. The molecule has 10 heavy (non-hydrogen) atoms. The minimum absolute atomic E-state index is 0.00739. The molecule has 0 amide bonds. The van der Waals surface area contributed by atoms with E-state index in [1.807, 2.05) is 0 Å². The van der Waals surface area contributed by atoms with Crippen molar-refractivity contribution in [3.05, 3.63) is 0 Å². The smallest absolute Gasteiger partial charge is 0.0595 e. The van der Waals surface area contributed by atoms with Crippen LogP contribution in [-0.2, 0) is 0 Å². The first-order chi connectivity index (χ1) is 4.70. The molecule has 0 bridgehead atoms. The number of aliphatic hydroxyl groups excluding tert-OH is 1. The van der Waals surface area contributed by atoms with Crippen LogP contribution in [0.4, 0.5) is 0 Å². The predicted octanol–water partition coefficient (Wildman–Crippen LogP) is 2.21. The zero-order valence-electron chi connectivity index (χ0n) is 5.56. The summed E-state index contributed by atoms with van der Waals surface area (Å²) in [5.74, 6) is 0.441. The third-order valence-electron chi connectivity index (χ3n) is 1.16. The van der Waals surface area contributed by atoms with Gasteiger partial charge in [-0.3, -0.25) is 0 Å². The summed E-state index contributed by atoms with van der Waals surface area (Å²) >= 11 is 16.7. The van der Waals surface area contributed by atoms with Gasteiger partial charge in [0.25, 0.3) is 0 Å². The molecule has 0 saturated carbocycles. The molecule has 1 N–H and O–H groups in total. The molecule has 0 unspecified atom stereocenters. The van der Waals surface area contributed by atoms with Gasteiger partial charge in [-0.15, -0.1) is 34.8 Å². The van der Waals surface area contributed by atoms with E-state index >= 15 is 0 Å². The molecule has 1 nitrogen and oxygen atoms in total. The lowest BCUT2D eigenvalue weighted by atomic mass is 10.2. The molecule has 2 atom stereocenters. The van der Waals surface area contributed by atoms with Gasteiger partial charge in [-0.2, -0.15) is 0 Å². The molecule has 0 aliphatic carbocycles. The molecule has 4 heteroatoms. The number of halogens is 3. The van der Waals surface area contributed by atoms with Gasteiger partial charge in [-0.25, -0.2) is 0 Å². The van der Waals surface area contributed by atoms with E-state index in [2.05, 4.69) is 0 Å². The largest absolute Gasteiger partial charge is 0.395 e. The van der Waals surface area contributed by atoms with Crippen molar-refractivity contribution in [2.75, 3.05) is 12.5 Å².